The molecule has 0 radical (unpaired) electrons. The molecular weight excluding hydrogens is 467 g/mol. The van der Waals surface area contributed by atoms with Gasteiger partial charge in [-0.25, -0.2) is 0 Å². The van der Waals surface area contributed by atoms with Crippen LogP contribution in [0.25, 0.3) is 0 Å². The molecule has 0 aliphatic heterocycles. The molecule has 1 saturated carbocycles. The molecule has 0 unspecified atom stereocenters. The zero-order chi connectivity index (χ0) is 25.1. The number of hydrogen-bond acceptors (Lipinski definition) is 3. The first kappa shape index (κ1) is 26.1. The highest BCUT2D eigenvalue weighted by atomic mass is 35.5. The van der Waals surface area contributed by atoms with Crippen molar-refractivity contribution in [3.8, 4) is 0 Å². The van der Waals surface area contributed by atoms with Crippen molar-refractivity contribution in [1.29, 1.82) is 0 Å². The molecule has 34 heavy (non-hydrogen) atoms. The van der Waals surface area contributed by atoms with E-state index in [0.29, 0.717) is 24.3 Å². The minimum atomic E-state index is -4.72. The lowest BCUT2D eigenvalue weighted by Gasteiger charge is -2.36. The molecule has 1 N–H and O–H groups in total. The number of esters is 1. The van der Waals surface area contributed by atoms with E-state index in [2.05, 4.69) is 26.1 Å². The van der Waals surface area contributed by atoms with Crippen molar-refractivity contribution in [2.24, 2.45) is 17.3 Å². The van der Waals surface area contributed by atoms with Crippen LogP contribution in [-0.2, 0) is 20.5 Å². The molecule has 184 valence electrons. The lowest BCUT2D eigenvalue weighted by Crippen LogP contribution is -2.32. The predicted octanol–water partition coefficient (Wildman–Crippen LogP) is 7.43. The Labute approximate surface area is 202 Å². The van der Waals surface area contributed by atoms with Crippen molar-refractivity contribution in [2.75, 3.05) is 5.32 Å². The summed E-state index contributed by atoms with van der Waals surface area (Å²) in [6.07, 6.45) is -3.04. The average Bonchev–Trinajstić information content (AvgIpc) is 2.77. The van der Waals surface area contributed by atoms with Gasteiger partial charge in [0.2, 0.25) is 6.10 Å². The van der Waals surface area contributed by atoms with E-state index in [1.165, 1.54) is 6.07 Å². The lowest BCUT2D eigenvalue weighted by molar-refractivity contribution is -0.160. The van der Waals surface area contributed by atoms with E-state index in [0.717, 1.165) is 25.0 Å². The molecule has 8 heteroatoms. The number of carbonyl (C=O) groups excluding carboxylic acids is 2. The molecule has 2 aromatic carbocycles. The standard InChI is InChI=1S/C26H29ClF3NO3/c1-25(2,3)18-11-9-17(10-12-18)24(33)34-22(16-7-5-4-6-8-16)23(32)31-21-14-13-19(27)15-20(21)26(28,29)30/h4-8,13-15,17-18,22H,9-12H2,1-3H3,(H,31,32)/t17?,18?,22-/m0/s1. The molecule has 1 fully saturated rings. The minimum Gasteiger partial charge on any atom is -0.447 e. The van der Waals surface area contributed by atoms with Crippen molar-refractivity contribution in [2.45, 2.75) is 58.7 Å². The molecule has 2 aromatic rings. The third-order valence-corrected chi connectivity index (χ3v) is 6.64. The number of ether oxygens (including phenoxy) is 1. The van der Waals surface area contributed by atoms with Crippen molar-refractivity contribution in [3.05, 3.63) is 64.7 Å². The van der Waals surface area contributed by atoms with Crippen LogP contribution in [0.15, 0.2) is 48.5 Å². The molecule has 0 bridgehead atoms. The molecular formula is C26H29ClF3NO3. The predicted molar refractivity (Wildman–Crippen MR) is 125 cm³/mol. The van der Waals surface area contributed by atoms with Crippen LogP contribution in [0.2, 0.25) is 5.02 Å². The summed E-state index contributed by atoms with van der Waals surface area (Å²) in [4.78, 5) is 26.1. The minimum absolute atomic E-state index is 0.109. The number of amides is 1. The normalized spacial score (nSPS) is 19.9. The lowest BCUT2D eigenvalue weighted by atomic mass is 9.70. The number of alkyl halides is 3. The zero-order valence-corrected chi connectivity index (χ0v) is 20.2. The van der Waals surface area contributed by atoms with Gasteiger partial charge in [-0.2, -0.15) is 13.2 Å². The summed E-state index contributed by atoms with van der Waals surface area (Å²) in [6.45, 7) is 6.54. The SMILES string of the molecule is CC(C)(C)C1CCC(C(=O)O[C@H](C(=O)Nc2ccc(Cl)cc2C(F)(F)F)c2ccccc2)CC1. The molecule has 0 spiro atoms. The van der Waals surface area contributed by atoms with Crippen molar-refractivity contribution in [1.82, 2.24) is 0 Å². The van der Waals surface area contributed by atoms with E-state index in [4.69, 9.17) is 16.3 Å². The third-order valence-electron chi connectivity index (χ3n) is 6.40. The highest BCUT2D eigenvalue weighted by Crippen LogP contribution is 2.41. The Balaban J connectivity index is 1.79. The molecule has 4 nitrogen and oxygen atoms in total. The van der Waals surface area contributed by atoms with Crippen LogP contribution >= 0.6 is 11.6 Å². The Morgan fingerprint density at radius 3 is 2.18 bits per heavy atom. The van der Waals surface area contributed by atoms with E-state index in [1.807, 2.05) is 0 Å². The van der Waals surface area contributed by atoms with Crippen LogP contribution in [0.1, 0.15) is 63.7 Å². The first-order valence-corrected chi connectivity index (χ1v) is 11.7. The van der Waals surface area contributed by atoms with E-state index in [-0.39, 0.29) is 16.4 Å². The fourth-order valence-corrected chi connectivity index (χ4v) is 4.54. The number of nitrogens with one attached hydrogen (secondary N) is 1. The van der Waals surface area contributed by atoms with Crippen LogP contribution in [0.5, 0.6) is 0 Å². The maximum atomic E-state index is 13.5. The fourth-order valence-electron chi connectivity index (χ4n) is 4.37. The second-order valence-electron chi connectivity index (χ2n) is 9.82. The van der Waals surface area contributed by atoms with Gasteiger partial charge in [0.25, 0.3) is 5.91 Å². The molecule has 1 aliphatic rings. The quantitative estimate of drug-likeness (QED) is 0.439. The third kappa shape index (κ3) is 6.53. The summed E-state index contributed by atoms with van der Waals surface area (Å²) in [6, 6.07) is 11.3. The molecule has 1 aliphatic carbocycles. The molecule has 1 atom stereocenters. The Morgan fingerprint density at radius 1 is 1.00 bits per heavy atom. The second kappa shape index (κ2) is 10.4. The largest absolute Gasteiger partial charge is 0.447 e. The van der Waals surface area contributed by atoms with Crippen LogP contribution < -0.4 is 5.32 Å². The van der Waals surface area contributed by atoms with Gasteiger partial charge in [0.15, 0.2) is 0 Å². The van der Waals surface area contributed by atoms with Gasteiger partial charge in [-0.3, -0.25) is 9.59 Å². The van der Waals surface area contributed by atoms with E-state index >= 15 is 0 Å². The average molecular weight is 496 g/mol. The number of rotatable bonds is 5. The fraction of sp³-hybridized carbons (Fsp3) is 0.462. The van der Waals surface area contributed by atoms with E-state index < -0.39 is 35.4 Å². The van der Waals surface area contributed by atoms with Gasteiger partial charge in [-0.15, -0.1) is 0 Å². The van der Waals surface area contributed by atoms with Gasteiger partial charge in [0, 0.05) is 10.6 Å². The van der Waals surface area contributed by atoms with Gasteiger partial charge < -0.3 is 10.1 Å². The van der Waals surface area contributed by atoms with Crippen LogP contribution in [0.3, 0.4) is 0 Å². The van der Waals surface area contributed by atoms with Gasteiger partial charge in [-0.1, -0.05) is 62.7 Å². The molecule has 0 heterocycles. The van der Waals surface area contributed by atoms with Crippen molar-refractivity contribution >= 4 is 29.2 Å². The summed E-state index contributed by atoms with van der Waals surface area (Å²) in [5, 5.41) is 2.17. The second-order valence-corrected chi connectivity index (χ2v) is 10.3. The summed E-state index contributed by atoms with van der Waals surface area (Å²) in [5.41, 5.74) is -1.01. The van der Waals surface area contributed by atoms with Crippen molar-refractivity contribution < 1.29 is 27.5 Å². The van der Waals surface area contributed by atoms with Gasteiger partial charge in [0.05, 0.1) is 17.2 Å². The zero-order valence-electron chi connectivity index (χ0n) is 19.4. The van der Waals surface area contributed by atoms with Crippen LogP contribution in [0, 0.1) is 17.3 Å². The summed E-state index contributed by atoms with van der Waals surface area (Å²) < 4.78 is 46.0. The molecule has 1 amide bonds. The van der Waals surface area contributed by atoms with Gasteiger partial charge in [0.1, 0.15) is 0 Å². The monoisotopic (exact) mass is 495 g/mol. The Bertz CT molecular complexity index is 1010. The van der Waals surface area contributed by atoms with Gasteiger partial charge in [-0.05, 0) is 55.2 Å². The van der Waals surface area contributed by atoms with Crippen LogP contribution in [-0.4, -0.2) is 11.9 Å². The van der Waals surface area contributed by atoms with E-state index in [9.17, 15) is 22.8 Å². The number of halogens is 4. The smallest absolute Gasteiger partial charge is 0.418 e. The van der Waals surface area contributed by atoms with Crippen LogP contribution in [0.4, 0.5) is 18.9 Å². The summed E-state index contributed by atoms with van der Waals surface area (Å²) >= 11 is 5.73. The Morgan fingerprint density at radius 2 is 1.62 bits per heavy atom. The summed E-state index contributed by atoms with van der Waals surface area (Å²) in [7, 11) is 0. The highest BCUT2D eigenvalue weighted by molar-refractivity contribution is 6.30. The first-order valence-electron chi connectivity index (χ1n) is 11.3. The summed E-state index contributed by atoms with van der Waals surface area (Å²) in [5.74, 6) is -1.23. The first-order chi connectivity index (χ1) is 15.9. The molecule has 0 aromatic heterocycles. The Kier molecular flexibility index (Phi) is 7.96. The number of hydrogen-bond donors (Lipinski definition) is 1. The molecule has 3 rings (SSSR count). The van der Waals surface area contributed by atoms with Gasteiger partial charge >= 0.3 is 12.1 Å². The maximum Gasteiger partial charge on any atom is 0.418 e. The number of carbonyl (C=O) groups is 2. The Hall–Kier alpha value is -2.54. The number of anilines is 1. The van der Waals surface area contributed by atoms with E-state index in [1.54, 1.807) is 30.3 Å². The van der Waals surface area contributed by atoms with Crippen molar-refractivity contribution in [3.63, 3.8) is 0 Å². The topological polar surface area (TPSA) is 55.4 Å². The number of benzene rings is 2. The highest BCUT2D eigenvalue weighted by Gasteiger charge is 2.37. The molecule has 0 saturated heterocycles. The maximum absolute atomic E-state index is 13.5.